The van der Waals surface area contributed by atoms with Gasteiger partial charge in [0.05, 0.1) is 7.11 Å². The van der Waals surface area contributed by atoms with Gasteiger partial charge in [-0.2, -0.15) is 0 Å². The van der Waals surface area contributed by atoms with Crippen molar-refractivity contribution in [2.45, 2.75) is 24.8 Å². The Hall–Kier alpha value is -1.69. The quantitative estimate of drug-likeness (QED) is 0.928. The van der Waals surface area contributed by atoms with E-state index in [-0.39, 0.29) is 17.2 Å². The molecule has 1 aromatic carbocycles. The van der Waals surface area contributed by atoms with E-state index in [0.717, 1.165) is 31.7 Å². The SMILES string of the molecule is COc1cccc(C2CCN(C(=O)[C@H]3CSC(=O)N3)CC2)c1. The number of thioether (sulfide) groups is 1. The Balaban J connectivity index is 1.58. The van der Waals surface area contributed by atoms with Crippen LogP contribution in [0, 0.1) is 0 Å². The number of nitrogens with one attached hydrogen (secondary N) is 1. The lowest BCUT2D eigenvalue weighted by molar-refractivity contribution is -0.133. The highest BCUT2D eigenvalue weighted by molar-refractivity contribution is 8.14. The van der Waals surface area contributed by atoms with Crippen LogP contribution in [0.15, 0.2) is 24.3 Å². The van der Waals surface area contributed by atoms with E-state index < -0.39 is 0 Å². The molecule has 1 N–H and O–H groups in total. The maximum absolute atomic E-state index is 12.4. The Morgan fingerprint density at radius 1 is 1.36 bits per heavy atom. The highest BCUT2D eigenvalue weighted by Crippen LogP contribution is 2.30. The Kier molecular flexibility index (Phi) is 4.57. The second kappa shape index (κ2) is 6.60. The first-order chi connectivity index (χ1) is 10.7. The van der Waals surface area contributed by atoms with Crippen LogP contribution in [0.1, 0.15) is 24.3 Å². The summed E-state index contributed by atoms with van der Waals surface area (Å²) in [7, 11) is 1.67. The van der Waals surface area contributed by atoms with Gasteiger partial charge in [-0.25, -0.2) is 0 Å². The molecule has 2 amide bonds. The Morgan fingerprint density at radius 3 is 2.77 bits per heavy atom. The van der Waals surface area contributed by atoms with Crippen LogP contribution in [0.4, 0.5) is 4.79 Å². The van der Waals surface area contributed by atoms with Gasteiger partial charge >= 0.3 is 0 Å². The molecule has 118 valence electrons. The smallest absolute Gasteiger partial charge is 0.279 e. The number of likely N-dealkylation sites (tertiary alicyclic amines) is 1. The minimum atomic E-state index is -0.342. The van der Waals surface area contributed by atoms with Crippen molar-refractivity contribution in [2.24, 2.45) is 0 Å². The third kappa shape index (κ3) is 3.21. The maximum Gasteiger partial charge on any atom is 0.279 e. The molecule has 0 aliphatic carbocycles. The highest BCUT2D eigenvalue weighted by atomic mass is 32.2. The van der Waals surface area contributed by atoms with Crippen LogP contribution < -0.4 is 10.1 Å². The van der Waals surface area contributed by atoms with E-state index in [1.54, 1.807) is 7.11 Å². The molecule has 0 unspecified atom stereocenters. The Bertz CT molecular complexity index is 570. The lowest BCUT2D eigenvalue weighted by atomic mass is 9.89. The minimum Gasteiger partial charge on any atom is -0.497 e. The van der Waals surface area contributed by atoms with Crippen LogP contribution in [-0.4, -0.2) is 48.0 Å². The number of benzene rings is 1. The number of hydrogen-bond acceptors (Lipinski definition) is 4. The predicted molar refractivity (Wildman–Crippen MR) is 86.3 cm³/mol. The van der Waals surface area contributed by atoms with Gasteiger partial charge in [-0.05, 0) is 36.5 Å². The standard InChI is InChI=1S/C16H20N2O3S/c1-21-13-4-2-3-12(9-13)11-5-7-18(8-6-11)15(19)14-10-22-16(20)17-14/h2-4,9,11,14H,5-8,10H2,1H3,(H,17,20)/t14-/m1/s1. The number of carbonyl (C=O) groups is 2. The van der Waals surface area contributed by atoms with E-state index in [4.69, 9.17) is 4.74 Å². The minimum absolute atomic E-state index is 0.0578. The van der Waals surface area contributed by atoms with E-state index in [2.05, 4.69) is 17.4 Å². The summed E-state index contributed by atoms with van der Waals surface area (Å²) in [6.07, 6.45) is 1.90. The number of rotatable bonds is 3. The molecule has 5 nitrogen and oxygen atoms in total. The van der Waals surface area contributed by atoms with E-state index in [1.165, 1.54) is 17.3 Å². The summed E-state index contributed by atoms with van der Waals surface area (Å²) in [5.41, 5.74) is 1.27. The fourth-order valence-corrected chi connectivity index (χ4v) is 3.84. The first-order valence-corrected chi connectivity index (χ1v) is 8.52. The summed E-state index contributed by atoms with van der Waals surface area (Å²) in [4.78, 5) is 25.5. The van der Waals surface area contributed by atoms with E-state index >= 15 is 0 Å². The summed E-state index contributed by atoms with van der Waals surface area (Å²) in [5.74, 6) is 1.95. The fourth-order valence-electron chi connectivity index (χ4n) is 3.07. The number of hydrogen-bond donors (Lipinski definition) is 1. The van der Waals surface area contributed by atoms with Crippen molar-refractivity contribution in [3.63, 3.8) is 0 Å². The second-order valence-corrected chi connectivity index (χ2v) is 6.66. The summed E-state index contributed by atoms with van der Waals surface area (Å²) in [6, 6.07) is 7.82. The molecule has 1 atom stereocenters. The molecule has 2 aliphatic heterocycles. The number of ether oxygens (including phenoxy) is 1. The van der Waals surface area contributed by atoms with Crippen LogP contribution >= 0.6 is 11.8 Å². The third-order valence-corrected chi connectivity index (χ3v) is 5.22. The molecular formula is C16H20N2O3S. The average molecular weight is 320 g/mol. The molecule has 3 rings (SSSR count). The van der Waals surface area contributed by atoms with Crippen molar-refractivity contribution in [1.82, 2.24) is 10.2 Å². The van der Waals surface area contributed by atoms with Gasteiger partial charge in [0.25, 0.3) is 5.24 Å². The van der Waals surface area contributed by atoms with Crippen LogP contribution in [-0.2, 0) is 4.79 Å². The second-order valence-electron chi connectivity index (χ2n) is 5.67. The van der Waals surface area contributed by atoms with Crippen LogP contribution in [0.3, 0.4) is 0 Å². The third-order valence-electron chi connectivity index (χ3n) is 4.34. The van der Waals surface area contributed by atoms with Gasteiger partial charge in [0.2, 0.25) is 5.91 Å². The van der Waals surface area contributed by atoms with Crippen molar-refractivity contribution in [1.29, 1.82) is 0 Å². The monoisotopic (exact) mass is 320 g/mol. The molecule has 2 saturated heterocycles. The molecule has 6 heteroatoms. The van der Waals surface area contributed by atoms with Crippen molar-refractivity contribution in [2.75, 3.05) is 26.0 Å². The number of methoxy groups -OCH3 is 1. The van der Waals surface area contributed by atoms with Gasteiger partial charge < -0.3 is 15.0 Å². The zero-order valence-electron chi connectivity index (χ0n) is 12.6. The Morgan fingerprint density at radius 2 is 2.14 bits per heavy atom. The van der Waals surface area contributed by atoms with E-state index in [0.29, 0.717) is 11.7 Å². The molecule has 2 aliphatic rings. The van der Waals surface area contributed by atoms with Gasteiger partial charge in [-0.3, -0.25) is 9.59 Å². The molecule has 0 saturated carbocycles. The number of carbonyl (C=O) groups excluding carboxylic acids is 2. The summed E-state index contributed by atoms with van der Waals surface area (Å²) >= 11 is 1.19. The van der Waals surface area contributed by atoms with Crippen molar-refractivity contribution < 1.29 is 14.3 Å². The summed E-state index contributed by atoms with van der Waals surface area (Å²) in [6.45, 7) is 1.50. The first kappa shape index (κ1) is 15.2. The lowest BCUT2D eigenvalue weighted by Crippen LogP contribution is -2.48. The van der Waals surface area contributed by atoms with Gasteiger partial charge in [0.1, 0.15) is 11.8 Å². The van der Waals surface area contributed by atoms with Crippen LogP contribution in [0.5, 0.6) is 5.75 Å². The van der Waals surface area contributed by atoms with Crippen molar-refractivity contribution in [3.8, 4) is 5.75 Å². The average Bonchev–Trinajstić information content (AvgIpc) is 3.01. The van der Waals surface area contributed by atoms with Crippen molar-refractivity contribution >= 4 is 22.9 Å². The predicted octanol–water partition coefficient (Wildman–Crippen LogP) is 2.23. The number of nitrogens with zero attached hydrogens (tertiary/aromatic N) is 1. The number of piperidine rings is 1. The molecule has 0 aromatic heterocycles. The van der Waals surface area contributed by atoms with Gasteiger partial charge in [0.15, 0.2) is 0 Å². The molecular weight excluding hydrogens is 300 g/mol. The molecule has 22 heavy (non-hydrogen) atoms. The zero-order chi connectivity index (χ0) is 15.5. The topological polar surface area (TPSA) is 58.6 Å². The van der Waals surface area contributed by atoms with Crippen LogP contribution in [0.25, 0.3) is 0 Å². The van der Waals surface area contributed by atoms with Gasteiger partial charge in [-0.1, -0.05) is 23.9 Å². The summed E-state index contributed by atoms with van der Waals surface area (Å²) in [5, 5.41) is 2.63. The van der Waals surface area contributed by atoms with Crippen LogP contribution in [0.2, 0.25) is 0 Å². The molecule has 2 heterocycles. The molecule has 0 spiro atoms. The Labute approximate surface area is 134 Å². The van der Waals surface area contributed by atoms with Gasteiger partial charge in [-0.15, -0.1) is 0 Å². The van der Waals surface area contributed by atoms with E-state index in [1.807, 2.05) is 17.0 Å². The molecule has 0 radical (unpaired) electrons. The molecule has 0 bridgehead atoms. The maximum atomic E-state index is 12.4. The largest absolute Gasteiger partial charge is 0.497 e. The van der Waals surface area contributed by atoms with Crippen molar-refractivity contribution in [3.05, 3.63) is 29.8 Å². The highest BCUT2D eigenvalue weighted by Gasteiger charge is 2.33. The first-order valence-electron chi connectivity index (χ1n) is 7.53. The lowest BCUT2D eigenvalue weighted by Gasteiger charge is -2.33. The zero-order valence-corrected chi connectivity index (χ0v) is 13.4. The van der Waals surface area contributed by atoms with E-state index in [9.17, 15) is 9.59 Å². The fraction of sp³-hybridized carbons (Fsp3) is 0.500. The summed E-state index contributed by atoms with van der Waals surface area (Å²) < 4.78 is 5.28. The number of amides is 2. The normalized spacial score (nSPS) is 22.5. The van der Waals surface area contributed by atoms with Gasteiger partial charge in [0, 0.05) is 18.8 Å². The molecule has 1 aromatic rings. The molecule has 2 fully saturated rings.